The second-order valence-electron chi connectivity index (χ2n) is 8.09. The summed E-state index contributed by atoms with van der Waals surface area (Å²) < 4.78 is 5.80. The van der Waals surface area contributed by atoms with Gasteiger partial charge in [-0.05, 0) is 66.9 Å². The van der Waals surface area contributed by atoms with E-state index in [1.165, 1.54) is 5.56 Å². The fourth-order valence-corrected chi connectivity index (χ4v) is 3.09. The molecule has 0 aliphatic heterocycles. The number of rotatable bonds is 11. The molecule has 0 aromatic heterocycles. The van der Waals surface area contributed by atoms with E-state index in [4.69, 9.17) is 4.74 Å². The molecule has 3 aromatic carbocycles. The zero-order chi connectivity index (χ0) is 23.5. The molecule has 3 aromatic rings. The van der Waals surface area contributed by atoms with Crippen LogP contribution >= 0.6 is 0 Å². The largest absolute Gasteiger partial charge is 0.494 e. The fourth-order valence-electron chi connectivity index (χ4n) is 3.09. The summed E-state index contributed by atoms with van der Waals surface area (Å²) in [5.41, 5.74) is 3.53. The molecule has 6 nitrogen and oxygen atoms in total. The Morgan fingerprint density at radius 1 is 0.788 bits per heavy atom. The molecule has 0 aliphatic carbocycles. The standard InChI is InChI=1S/C27H31N3O3/c1-20(2)27(32)30-24-12-10-23(11-13-24)29-26(31)19-28-22-14-16-25(17-15-22)33-18-6-9-21-7-4-3-5-8-21/h3-5,7-8,10-17,20,28H,6,9,18-19H2,1-2H3,(H,29,31)(H,30,32). The van der Waals surface area contributed by atoms with E-state index in [0.717, 1.165) is 24.3 Å². The second-order valence-corrected chi connectivity index (χ2v) is 8.09. The molecule has 0 bridgehead atoms. The van der Waals surface area contributed by atoms with Crippen LogP contribution < -0.4 is 20.7 Å². The van der Waals surface area contributed by atoms with Crippen LogP contribution in [0.2, 0.25) is 0 Å². The van der Waals surface area contributed by atoms with E-state index in [0.29, 0.717) is 18.0 Å². The Bertz CT molecular complexity index is 1020. The monoisotopic (exact) mass is 445 g/mol. The molecule has 3 N–H and O–H groups in total. The maximum absolute atomic E-state index is 12.2. The fraction of sp³-hybridized carbons (Fsp3) is 0.259. The first kappa shape index (κ1) is 23.9. The number of amides is 2. The molecular weight excluding hydrogens is 414 g/mol. The quantitative estimate of drug-likeness (QED) is 0.348. The van der Waals surface area contributed by atoms with Crippen LogP contribution in [0, 0.1) is 5.92 Å². The van der Waals surface area contributed by atoms with Crippen LogP contribution in [-0.2, 0) is 16.0 Å². The normalized spacial score (nSPS) is 10.5. The van der Waals surface area contributed by atoms with Crippen LogP contribution in [0.4, 0.5) is 17.1 Å². The Balaban J connectivity index is 1.36. The lowest BCUT2D eigenvalue weighted by atomic mass is 10.1. The first-order valence-corrected chi connectivity index (χ1v) is 11.2. The smallest absolute Gasteiger partial charge is 0.243 e. The van der Waals surface area contributed by atoms with Gasteiger partial charge in [0.25, 0.3) is 0 Å². The Hall–Kier alpha value is -3.80. The summed E-state index contributed by atoms with van der Waals surface area (Å²) >= 11 is 0. The summed E-state index contributed by atoms with van der Waals surface area (Å²) in [5.74, 6) is 0.522. The highest BCUT2D eigenvalue weighted by atomic mass is 16.5. The van der Waals surface area contributed by atoms with Gasteiger partial charge < -0.3 is 20.7 Å². The minimum Gasteiger partial charge on any atom is -0.494 e. The highest BCUT2D eigenvalue weighted by molar-refractivity contribution is 5.95. The number of hydrogen-bond acceptors (Lipinski definition) is 4. The van der Waals surface area contributed by atoms with Gasteiger partial charge in [0.1, 0.15) is 5.75 Å². The number of hydrogen-bond donors (Lipinski definition) is 3. The molecule has 0 saturated heterocycles. The molecule has 172 valence electrons. The Morgan fingerprint density at radius 3 is 2.03 bits per heavy atom. The van der Waals surface area contributed by atoms with Gasteiger partial charge in [0, 0.05) is 23.0 Å². The van der Waals surface area contributed by atoms with Crippen molar-refractivity contribution >= 4 is 28.9 Å². The van der Waals surface area contributed by atoms with Gasteiger partial charge in [0.05, 0.1) is 13.2 Å². The van der Waals surface area contributed by atoms with Crippen LogP contribution in [0.25, 0.3) is 0 Å². The van der Waals surface area contributed by atoms with Crippen LogP contribution in [0.3, 0.4) is 0 Å². The molecule has 3 rings (SSSR count). The molecule has 0 spiro atoms. The molecule has 0 atom stereocenters. The third-order valence-electron chi connectivity index (χ3n) is 4.99. The highest BCUT2D eigenvalue weighted by Crippen LogP contribution is 2.17. The van der Waals surface area contributed by atoms with E-state index in [-0.39, 0.29) is 24.3 Å². The zero-order valence-corrected chi connectivity index (χ0v) is 19.1. The summed E-state index contributed by atoms with van der Waals surface area (Å²) in [7, 11) is 0. The third-order valence-corrected chi connectivity index (χ3v) is 4.99. The molecular formula is C27H31N3O3. The van der Waals surface area contributed by atoms with Crippen LogP contribution in [0.15, 0.2) is 78.9 Å². The summed E-state index contributed by atoms with van der Waals surface area (Å²) in [4.78, 5) is 24.0. The summed E-state index contributed by atoms with van der Waals surface area (Å²) in [6.07, 6.45) is 1.94. The van der Waals surface area contributed by atoms with Crippen molar-refractivity contribution < 1.29 is 14.3 Å². The van der Waals surface area contributed by atoms with Gasteiger partial charge in [0.2, 0.25) is 11.8 Å². The van der Waals surface area contributed by atoms with E-state index in [1.807, 2.05) is 56.3 Å². The van der Waals surface area contributed by atoms with Crippen molar-refractivity contribution in [3.63, 3.8) is 0 Å². The van der Waals surface area contributed by atoms with Gasteiger partial charge in [-0.3, -0.25) is 9.59 Å². The number of benzene rings is 3. The molecule has 0 aliphatic rings. The van der Waals surface area contributed by atoms with Crippen molar-refractivity contribution in [2.75, 3.05) is 29.1 Å². The lowest BCUT2D eigenvalue weighted by Gasteiger charge is -2.11. The molecule has 0 heterocycles. The second kappa shape index (κ2) is 12.3. The average molecular weight is 446 g/mol. The first-order valence-electron chi connectivity index (χ1n) is 11.2. The number of carbonyl (C=O) groups is 2. The number of ether oxygens (including phenoxy) is 1. The summed E-state index contributed by atoms with van der Waals surface area (Å²) in [6.45, 7) is 4.47. The number of anilines is 3. The molecule has 33 heavy (non-hydrogen) atoms. The molecule has 0 radical (unpaired) electrons. The highest BCUT2D eigenvalue weighted by Gasteiger charge is 2.07. The predicted octanol–water partition coefficient (Wildman–Crippen LogP) is 5.34. The van der Waals surface area contributed by atoms with E-state index < -0.39 is 0 Å². The van der Waals surface area contributed by atoms with Crippen LogP contribution in [0.1, 0.15) is 25.8 Å². The van der Waals surface area contributed by atoms with Gasteiger partial charge in [-0.2, -0.15) is 0 Å². The lowest BCUT2D eigenvalue weighted by Crippen LogP contribution is -2.21. The summed E-state index contributed by atoms with van der Waals surface area (Å²) in [5, 5.41) is 8.76. The number of carbonyl (C=O) groups excluding carboxylic acids is 2. The van der Waals surface area contributed by atoms with Crippen molar-refractivity contribution in [2.24, 2.45) is 5.92 Å². The minimum absolute atomic E-state index is 0.0420. The molecule has 2 amide bonds. The zero-order valence-electron chi connectivity index (χ0n) is 19.1. The van der Waals surface area contributed by atoms with Crippen molar-refractivity contribution in [3.05, 3.63) is 84.4 Å². The van der Waals surface area contributed by atoms with Gasteiger partial charge in [-0.1, -0.05) is 44.2 Å². The van der Waals surface area contributed by atoms with Crippen molar-refractivity contribution in [1.29, 1.82) is 0 Å². The third kappa shape index (κ3) is 8.33. The summed E-state index contributed by atoms with van der Waals surface area (Å²) in [6, 6.07) is 25.0. The lowest BCUT2D eigenvalue weighted by molar-refractivity contribution is -0.119. The Morgan fingerprint density at radius 2 is 1.39 bits per heavy atom. The minimum atomic E-state index is -0.157. The Kier molecular flexibility index (Phi) is 8.88. The van der Waals surface area contributed by atoms with Crippen molar-refractivity contribution in [2.45, 2.75) is 26.7 Å². The molecule has 0 saturated carbocycles. The number of aryl methyl sites for hydroxylation is 1. The van der Waals surface area contributed by atoms with Crippen molar-refractivity contribution in [3.8, 4) is 5.75 Å². The topological polar surface area (TPSA) is 79.5 Å². The van der Waals surface area contributed by atoms with Gasteiger partial charge >= 0.3 is 0 Å². The maximum Gasteiger partial charge on any atom is 0.243 e. The van der Waals surface area contributed by atoms with Crippen LogP contribution in [-0.4, -0.2) is 25.0 Å². The Labute approximate surface area is 195 Å². The maximum atomic E-state index is 12.2. The average Bonchev–Trinajstić information content (AvgIpc) is 2.83. The SMILES string of the molecule is CC(C)C(=O)Nc1ccc(NC(=O)CNc2ccc(OCCCc3ccccc3)cc2)cc1. The van der Waals surface area contributed by atoms with Gasteiger partial charge in [0.15, 0.2) is 0 Å². The first-order chi connectivity index (χ1) is 16.0. The van der Waals surface area contributed by atoms with Gasteiger partial charge in [-0.15, -0.1) is 0 Å². The molecule has 0 unspecified atom stereocenters. The predicted molar refractivity (Wildman–Crippen MR) is 134 cm³/mol. The molecule has 6 heteroatoms. The van der Waals surface area contributed by atoms with E-state index >= 15 is 0 Å². The van der Waals surface area contributed by atoms with Gasteiger partial charge in [-0.25, -0.2) is 0 Å². The van der Waals surface area contributed by atoms with E-state index in [1.54, 1.807) is 24.3 Å². The molecule has 0 fully saturated rings. The van der Waals surface area contributed by atoms with E-state index in [2.05, 4.69) is 28.1 Å². The number of nitrogens with one attached hydrogen (secondary N) is 3. The van der Waals surface area contributed by atoms with Crippen LogP contribution in [0.5, 0.6) is 5.75 Å². The van der Waals surface area contributed by atoms with E-state index in [9.17, 15) is 9.59 Å². The van der Waals surface area contributed by atoms with Crippen molar-refractivity contribution in [1.82, 2.24) is 0 Å².